The Balaban J connectivity index is 1.86. The van der Waals surface area contributed by atoms with Crippen molar-refractivity contribution in [2.24, 2.45) is 5.92 Å². The maximum atomic E-state index is 13.0. The molecule has 0 saturated carbocycles. The van der Waals surface area contributed by atoms with E-state index in [1.807, 2.05) is 0 Å². The molecule has 0 atom stereocenters. The molecule has 1 saturated heterocycles. The van der Waals surface area contributed by atoms with Gasteiger partial charge in [0.05, 0.1) is 4.47 Å². The Kier molecular flexibility index (Phi) is 4.18. The molecule has 1 fully saturated rings. The molecule has 0 aliphatic carbocycles. The Bertz CT molecular complexity index is 353. The van der Waals surface area contributed by atoms with Gasteiger partial charge in [-0.25, -0.2) is 4.39 Å². The summed E-state index contributed by atoms with van der Waals surface area (Å²) < 4.78 is 18.8. The van der Waals surface area contributed by atoms with Gasteiger partial charge in [0.15, 0.2) is 0 Å². The summed E-state index contributed by atoms with van der Waals surface area (Å²) in [4.78, 5) is 0. The Morgan fingerprint density at radius 1 is 1.38 bits per heavy atom. The van der Waals surface area contributed by atoms with Crippen molar-refractivity contribution in [3.63, 3.8) is 0 Å². The molecule has 1 N–H and O–H groups in total. The minimum Gasteiger partial charge on any atom is -0.385 e. The fourth-order valence-electron chi connectivity index (χ4n) is 1.82. The zero-order valence-electron chi connectivity index (χ0n) is 9.01. The third kappa shape index (κ3) is 3.19. The highest BCUT2D eigenvalue weighted by Gasteiger charge is 2.13. The molecule has 0 bridgehead atoms. The maximum absolute atomic E-state index is 13.0. The molecule has 0 unspecified atom stereocenters. The number of hydrogen-bond acceptors (Lipinski definition) is 2. The number of halogens is 2. The van der Waals surface area contributed by atoms with Crippen LogP contribution in [0.2, 0.25) is 0 Å². The van der Waals surface area contributed by atoms with Crippen LogP contribution in [0.4, 0.5) is 10.1 Å². The first-order chi connectivity index (χ1) is 7.75. The molecule has 88 valence electrons. The second-order valence-electron chi connectivity index (χ2n) is 4.07. The molecule has 0 spiro atoms. The monoisotopic (exact) mass is 287 g/mol. The van der Waals surface area contributed by atoms with E-state index < -0.39 is 0 Å². The van der Waals surface area contributed by atoms with Gasteiger partial charge >= 0.3 is 0 Å². The van der Waals surface area contributed by atoms with Crippen molar-refractivity contribution in [3.8, 4) is 0 Å². The third-order valence-electron chi connectivity index (χ3n) is 2.86. The van der Waals surface area contributed by atoms with Gasteiger partial charge in [-0.1, -0.05) is 0 Å². The Labute approximate surface area is 103 Å². The zero-order valence-corrected chi connectivity index (χ0v) is 10.6. The smallest absolute Gasteiger partial charge is 0.137 e. The lowest BCUT2D eigenvalue weighted by Gasteiger charge is -2.22. The SMILES string of the molecule is Fc1ccc(NCC2CCOCC2)cc1Br. The van der Waals surface area contributed by atoms with Crippen molar-refractivity contribution in [1.29, 1.82) is 0 Å². The number of rotatable bonds is 3. The summed E-state index contributed by atoms with van der Waals surface area (Å²) >= 11 is 3.18. The van der Waals surface area contributed by atoms with E-state index in [1.165, 1.54) is 6.07 Å². The van der Waals surface area contributed by atoms with Crippen LogP contribution in [-0.4, -0.2) is 19.8 Å². The minimum atomic E-state index is -0.225. The predicted octanol–water partition coefficient (Wildman–Crippen LogP) is 3.43. The topological polar surface area (TPSA) is 21.3 Å². The molecule has 0 aromatic heterocycles. The van der Waals surface area contributed by atoms with Crippen LogP contribution in [0, 0.1) is 11.7 Å². The molecule has 1 aliphatic rings. The highest BCUT2D eigenvalue weighted by atomic mass is 79.9. The lowest BCUT2D eigenvalue weighted by Crippen LogP contribution is -2.22. The molecule has 2 nitrogen and oxygen atoms in total. The van der Waals surface area contributed by atoms with Gasteiger partial charge in [-0.2, -0.15) is 0 Å². The summed E-state index contributed by atoms with van der Waals surface area (Å²) in [6, 6.07) is 5.00. The first kappa shape index (κ1) is 11.9. The average Bonchev–Trinajstić information content (AvgIpc) is 2.32. The molecule has 1 heterocycles. The maximum Gasteiger partial charge on any atom is 0.137 e. The van der Waals surface area contributed by atoms with Gasteiger partial charge in [-0.05, 0) is 52.9 Å². The largest absolute Gasteiger partial charge is 0.385 e. The van der Waals surface area contributed by atoms with Crippen LogP contribution < -0.4 is 5.32 Å². The molecule has 16 heavy (non-hydrogen) atoms. The number of benzene rings is 1. The van der Waals surface area contributed by atoms with Crippen LogP contribution in [0.3, 0.4) is 0 Å². The van der Waals surface area contributed by atoms with Crippen LogP contribution in [0.15, 0.2) is 22.7 Å². The van der Waals surface area contributed by atoms with E-state index in [-0.39, 0.29) is 5.82 Å². The van der Waals surface area contributed by atoms with Crippen LogP contribution in [0.5, 0.6) is 0 Å². The van der Waals surface area contributed by atoms with Crippen LogP contribution in [0.25, 0.3) is 0 Å². The second-order valence-corrected chi connectivity index (χ2v) is 4.92. The van der Waals surface area contributed by atoms with Gasteiger partial charge in [0, 0.05) is 25.4 Å². The quantitative estimate of drug-likeness (QED) is 0.920. The number of ether oxygens (including phenoxy) is 1. The van der Waals surface area contributed by atoms with E-state index >= 15 is 0 Å². The Morgan fingerprint density at radius 3 is 2.81 bits per heavy atom. The van der Waals surface area contributed by atoms with E-state index in [1.54, 1.807) is 12.1 Å². The van der Waals surface area contributed by atoms with Crippen LogP contribution in [0.1, 0.15) is 12.8 Å². The average molecular weight is 288 g/mol. The van der Waals surface area contributed by atoms with E-state index in [0.29, 0.717) is 10.4 Å². The van der Waals surface area contributed by atoms with Gasteiger partial charge in [0.1, 0.15) is 5.82 Å². The van der Waals surface area contributed by atoms with Gasteiger partial charge in [0.25, 0.3) is 0 Å². The molecule has 2 rings (SSSR count). The molecule has 4 heteroatoms. The van der Waals surface area contributed by atoms with Gasteiger partial charge in [-0.15, -0.1) is 0 Å². The molecular weight excluding hydrogens is 273 g/mol. The molecule has 0 radical (unpaired) electrons. The summed E-state index contributed by atoms with van der Waals surface area (Å²) in [5, 5.41) is 3.33. The number of hydrogen-bond donors (Lipinski definition) is 1. The summed E-state index contributed by atoms with van der Waals surface area (Å²) in [7, 11) is 0. The summed E-state index contributed by atoms with van der Waals surface area (Å²) in [5.41, 5.74) is 0.958. The van der Waals surface area contributed by atoms with Crippen LogP contribution in [-0.2, 0) is 4.74 Å². The molecular formula is C12H15BrFNO. The van der Waals surface area contributed by atoms with Crippen LogP contribution >= 0.6 is 15.9 Å². The van der Waals surface area contributed by atoms with E-state index in [4.69, 9.17) is 4.74 Å². The van der Waals surface area contributed by atoms with Gasteiger partial charge < -0.3 is 10.1 Å². The van der Waals surface area contributed by atoms with Crippen molar-refractivity contribution in [1.82, 2.24) is 0 Å². The summed E-state index contributed by atoms with van der Waals surface area (Å²) in [6.45, 7) is 2.65. The summed E-state index contributed by atoms with van der Waals surface area (Å²) in [5.74, 6) is 0.439. The lowest BCUT2D eigenvalue weighted by molar-refractivity contribution is 0.0699. The van der Waals surface area contributed by atoms with Gasteiger partial charge in [0.2, 0.25) is 0 Å². The molecule has 1 aliphatic heterocycles. The zero-order chi connectivity index (χ0) is 11.4. The minimum absolute atomic E-state index is 0.225. The van der Waals surface area contributed by atoms with Crippen molar-refractivity contribution >= 4 is 21.6 Å². The fraction of sp³-hybridized carbons (Fsp3) is 0.500. The van der Waals surface area contributed by atoms with E-state index in [2.05, 4.69) is 21.2 Å². The van der Waals surface area contributed by atoms with Crippen molar-refractivity contribution in [2.75, 3.05) is 25.1 Å². The van der Waals surface area contributed by atoms with E-state index in [0.717, 1.165) is 38.3 Å². The predicted molar refractivity (Wildman–Crippen MR) is 66.1 cm³/mol. The van der Waals surface area contributed by atoms with Gasteiger partial charge in [-0.3, -0.25) is 0 Å². The molecule has 1 aromatic rings. The van der Waals surface area contributed by atoms with E-state index in [9.17, 15) is 4.39 Å². The van der Waals surface area contributed by atoms with Crippen molar-refractivity contribution in [2.45, 2.75) is 12.8 Å². The number of nitrogens with one attached hydrogen (secondary N) is 1. The Morgan fingerprint density at radius 2 is 2.12 bits per heavy atom. The summed E-state index contributed by atoms with van der Waals surface area (Å²) in [6.07, 6.45) is 2.21. The highest BCUT2D eigenvalue weighted by molar-refractivity contribution is 9.10. The van der Waals surface area contributed by atoms with Crippen molar-refractivity contribution in [3.05, 3.63) is 28.5 Å². The lowest BCUT2D eigenvalue weighted by atomic mass is 10.0. The normalized spacial score (nSPS) is 17.4. The highest BCUT2D eigenvalue weighted by Crippen LogP contribution is 2.21. The molecule has 0 amide bonds. The standard InChI is InChI=1S/C12H15BrFNO/c13-11-7-10(1-2-12(11)14)15-8-9-3-5-16-6-4-9/h1-2,7,9,15H,3-6,8H2. The third-order valence-corrected chi connectivity index (χ3v) is 3.46. The van der Waals surface area contributed by atoms with Crippen molar-refractivity contribution < 1.29 is 9.13 Å². The first-order valence-electron chi connectivity index (χ1n) is 5.52. The second kappa shape index (κ2) is 5.64. The fourth-order valence-corrected chi connectivity index (χ4v) is 2.20. The molecule has 1 aromatic carbocycles. The number of anilines is 1. The Hall–Kier alpha value is -0.610. The first-order valence-corrected chi connectivity index (χ1v) is 6.31.